The Kier molecular flexibility index (Phi) is 5.47. The van der Waals surface area contributed by atoms with Gasteiger partial charge in [0, 0.05) is 33.7 Å². The summed E-state index contributed by atoms with van der Waals surface area (Å²) < 4.78 is 0. The van der Waals surface area contributed by atoms with Crippen molar-refractivity contribution in [3.63, 3.8) is 0 Å². The molecular formula is C11H24N4. The molecule has 1 atom stereocenters. The molecule has 0 radical (unpaired) electrons. The molecule has 2 N–H and O–H groups in total. The smallest absolute Gasteiger partial charge is 0.190 e. The van der Waals surface area contributed by atoms with Gasteiger partial charge < -0.3 is 15.5 Å². The van der Waals surface area contributed by atoms with Gasteiger partial charge >= 0.3 is 0 Å². The highest BCUT2D eigenvalue weighted by Gasteiger charge is 2.15. The Labute approximate surface area is 93.1 Å². The highest BCUT2D eigenvalue weighted by atomic mass is 15.2. The molecule has 1 fully saturated rings. The lowest BCUT2D eigenvalue weighted by atomic mass is 10.0. The van der Waals surface area contributed by atoms with E-state index >= 15 is 0 Å². The number of hydrogen-bond donors (Lipinski definition) is 2. The van der Waals surface area contributed by atoms with E-state index < -0.39 is 0 Å². The molecule has 0 aromatic rings. The first-order valence-electron chi connectivity index (χ1n) is 5.87. The first kappa shape index (κ1) is 12.3. The van der Waals surface area contributed by atoms with Gasteiger partial charge in [0.25, 0.3) is 0 Å². The topological polar surface area (TPSA) is 39.7 Å². The lowest BCUT2D eigenvalue weighted by molar-refractivity contribution is 0.187. The maximum Gasteiger partial charge on any atom is 0.190 e. The number of nitrogens with one attached hydrogen (secondary N) is 2. The van der Waals surface area contributed by atoms with Crippen molar-refractivity contribution >= 4 is 5.96 Å². The zero-order chi connectivity index (χ0) is 11.1. The van der Waals surface area contributed by atoms with Crippen LogP contribution in [0.3, 0.4) is 0 Å². The number of likely N-dealkylation sites (tertiary alicyclic amines) is 1. The summed E-state index contributed by atoms with van der Waals surface area (Å²) >= 11 is 0. The van der Waals surface area contributed by atoms with Crippen LogP contribution in [0.1, 0.15) is 19.8 Å². The van der Waals surface area contributed by atoms with Crippen molar-refractivity contribution in [1.82, 2.24) is 15.5 Å². The van der Waals surface area contributed by atoms with Crippen LogP contribution in [0.4, 0.5) is 0 Å². The Morgan fingerprint density at radius 1 is 1.53 bits per heavy atom. The molecule has 0 aromatic heterocycles. The van der Waals surface area contributed by atoms with Crippen LogP contribution in [-0.4, -0.2) is 51.1 Å². The molecular weight excluding hydrogens is 188 g/mol. The summed E-state index contributed by atoms with van der Waals surface area (Å²) in [6.07, 6.45) is 2.74. The lowest BCUT2D eigenvalue weighted by Gasteiger charge is -2.30. The quantitative estimate of drug-likeness (QED) is 0.529. The molecule has 1 heterocycles. The summed E-state index contributed by atoms with van der Waals surface area (Å²) in [5, 5.41) is 6.30. The molecule has 1 rings (SSSR count). The van der Waals surface area contributed by atoms with Gasteiger partial charge in [-0.05, 0) is 25.3 Å². The van der Waals surface area contributed by atoms with Crippen molar-refractivity contribution in [3.05, 3.63) is 0 Å². The van der Waals surface area contributed by atoms with Gasteiger partial charge in [-0.1, -0.05) is 6.92 Å². The number of piperidine rings is 1. The molecule has 1 aliphatic rings. The summed E-state index contributed by atoms with van der Waals surface area (Å²) in [5.41, 5.74) is 0. The van der Waals surface area contributed by atoms with E-state index in [1.54, 1.807) is 7.05 Å². The lowest BCUT2D eigenvalue weighted by Crippen LogP contribution is -2.42. The van der Waals surface area contributed by atoms with Crippen LogP contribution in [-0.2, 0) is 0 Å². The van der Waals surface area contributed by atoms with Gasteiger partial charge in [-0.15, -0.1) is 0 Å². The molecule has 15 heavy (non-hydrogen) atoms. The summed E-state index contributed by atoms with van der Waals surface area (Å²) in [6.45, 7) is 6.93. The standard InChI is InChI=1S/C11H24N4/c1-10-5-4-7-15(9-10)8-6-14-11(12-2)13-3/h10H,4-9H2,1-3H3,(H2,12,13,14)/t10-/m1/s1. The first-order valence-corrected chi connectivity index (χ1v) is 5.87. The third kappa shape index (κ3) is 4.51. The predicted octanol–water partition coefficient (Wildman–Crippen LogP) is 0.513. The third-order valence-electron chi connectivity index (χ3n) is 2.92. The van der Waals surface area contributed by atoms with Gasteiger partial charge in [0.1, 0.15) is 0 Å². The number of rotatable bonds is 3. The van der Waals surface area contributed by atoms with E-state index in [0.29, 0.717) is 0 Å². The fourth-order valence-electron chi connectivity index (χ4n) is 2.10. The molecule has 4 nitrogen and oxygen atoms in total. The average molecular weight is 212 g/mol. The van der Waals surface area contributed by atoms with Crippen LogP contribution in [0.5, 0.6) is 0 Å². The highest BCUT2D eigenvalue weighted by Crippen LogP contribution is 2.14. The molecule has 0 aromatic carbocycles. The first-order chi connectivity index (χ1) is 7.26. The molecule has 1 aliphatic heterocycles. The second-order valence-corrected chi connectivity index (χ2v) is 4.30. The Bertz CT molecular complexity index is 203. The normalized spacial score (nSPS) is 23.9. The molecule has 88 valence electrons. The van der Waals surface area contributed by atoms with Crippen molar-refractivity contribution < 1.29 is 0 Å². The van der Waals surface area contributed by atoms with Crippen LogP contribution in [0.2, 0.25) is 0 Å². The molecule has 0 amide bonds. The second-order valence-electron chi connectivity index (χ2n) is 4.30. The number of hydrogen-bond acceptors (Lipinski definition) is 2. The fraction of sp³-hybridized carbons (Fsp3) is 0.909. The van der Waals surface area contributed by atoms with Crippen molar-refractivity contribution in [2.75, 3.05) is 40.3 Å². The summed E-state index contributed by atoms with van der Waals surface area (Å²) in [5.74, 6) is 1.74. The monoisotopic (exact) mass is 212 g/mol. The predicted molar refractivity (Wildman–Crippen MR) is 65.3 cm³/mol. The minimum Gasteiger partial charge on any atom is -0.359 e. The van der Waals surface area contributed by atoms with Crippen molar-refractivity contribution in [2.45, 2.75) is 19.8 Å². The van der Waals surface area contributed by atoms with Crippen molar-refractivity contribution in [3.8, 4) is 0 Å². The Morgan fingerprint density at radius 3 is 2.93 bits per heavy atom. The van der Waals surface area contributed by atoms with E-state index in [-0.39, 0.29) is 0 Å². The van der Waals surface area contributed by atoms with E-state index in [9.17, 15) is 0 Å². The van der Waals surface area contributed by atoms with E-state index in [1.807, 2.05) is 7.05 Å². The average Bonchev–Trinajstić information content (AvgIpc) is 2.25. The van der Waals surface area contributed by atoms with Crippen LogP contribution >= 0.6 is 0 Å². The Balaban J connectivity index is 2.14. The van der Waals surface area contributed by atoms with E-state index in [1.165, 1.54) is 25.9 Å². The molecule has 0 aliphatic carbocycles. The van der Waals surface area contributed by atoms with Crippen LogP contribution in [0, 0.1) is 5.92 Å². The van der Waals surface area contributed by atoms with Gasteiger partial charge in [0.15, 0.2) is 5.96 Å². The molecule has 0 unspecified atom stereocenters. The summed E-state index contributed by atoms with van der Waals surface area (Å²) in [7, 11) is 3.68. The molecule has 0 spiro atoms. The summed E-state index contributed by atoms with van der Waals surface area (Å²) in [4.78, 5) is 6.61. The molecule has 0 bridgehead atoms. The molecule has 4 heteroatoms. The van der Waals surface area contributed by atoms with Crippen LogP contribution in [0.25, 0.3) is 0 Å². The molecule has 0 saturated carbocycles. The van der Waals surface area contributed by atoms with E-state index in [0.717, 1.165) is 25.0 Å². The minimum atomic E-state index is 0.863. The number of guanidine groups is 1. The number of nitrogens with zero attached hydrogens (tertiary/aromatic N) is 2. The van der Waals surface area contributed by atoms with E-state index in [4.69, 9.17) is 0 Å². The van der Waals surface area contributed by atoms with Gasteiger partial charge in [-0.3, -0.25) is 4.99 Å². The van der Waals surface area contributed by atoms with Crippen molar-refractivity contribution in [2.24, 2.45) is 10.9 Å². The maximum absolute atomic E-state index is 4.08. The van der Waals surface area contributed by atoms with Crippen LogP contribution < -0.4 is 10.6 Å². The number of aliphatic imine (C=N–C) groups is 1. The van der Waals surface area contributed by atoms with Crippen LogP contribution in [0.15, 0.2) is 4.99 Å². The van der Waals surface area contributed by atoms with Gasteiger partial charge in [-0.25, -0.2) is 0 Å². The molecule has 1 saturated heterocycles. The SMILES string of the molecule is CN=C(NC)NCCN1CCC[C@@H](C)C1. The van der Waals surface area contributed by atoms with Gasteiger partial charge in [-0.2, -0.15) is 0 Å². The summed E-state index contributed by atoms with van der Waals surface area (Å²) in [6, 6.07) is 0. The zero-order valence-electron chi connectivity index (χ0n) is 10.2. The van der Waals surface area contributed by atoms with E-state index in [2.05, 4.69) is 27.4 Å². The fourth-order valence-corrected chi connectivity index (χ4v) is 2.10. The van der Waals surface area contributed by atoms with Crippen molar-refractivity contribution in [1.29, 1.82) is 0 Å². The van der Waals surface area contributed by atoms with Gasteiger partial charge in [0.2, 0.25) is 0 Å². The third-order valence-corrected chi connectivity index (χ3v) is 2.92. The second kappa shape index (κ2) is 6.67. The van der Waals surface area contributed by atoms with Gasteiger partial charge in [0.05, 0.1) is 0 Å². The zero-order valence-corrected chi connectivity index (χ0v) is 10.2. The minimum absolute atomic E-state index is 0.863. The Morgan fingerprint density at radius 2 is 2.33 bits per heavy atom. The highest BCUT2D eigenvalue weighted by molar-refractivity contribution is 5.79. The maximum atomic E-state index is 4.08. The largest absolute Gasteiger partial charge is 0.359 e. The Hall–Kier alpha value is -0.770.